The van der Waals surface area contributed by atoms with Crippen LogP contribution in [0.2, 0.25) is 0 Å². The van der Waals surface area contributed by atoms with E-state index in [-0.39, 0.29) is 11.9 Å². The van der Waals surface area contributed by atoms with Gasteiger partial charge in [0.2, 0.25) is 0 Å². The zero-order chi connectivity index (χ0) is 11.4. The number of nitrogens with zero attached hydrogens (tertiary/aromatic N) is 2. The minimum Gasteiger partial charge on any atom is -0.395 e. The van der Waals surface area contributed by atoms with Crippen LogP contribution in [-0.4, -0.2) is 34.0 Å². The highest BCUT2D eigenvalue weighted by atomic mass is 32.2. The highest BCUT2D eigenvalue weighted by molar-refractivity contribution is 7.99. The van der Waals surface area contributed by atoms with Crippen LogP contribution in [0.3, 0.4) is 0 Å². The Bertz CT molecular complexity index is 344. The van der Waals surface area contributed by atoms with Gasteiger partial charge in [-0.2, -0.15) is 0 Å². The van der Waals surface area contributed by atoms with Gasteiger partial charge in [-0.3, -0.25) is 0 Å². The number of aliphatic hydroxyl groups is 1. The fourth-order valence-electron chi connectivity index (χ4n) is 1.19. The second-order valence-corrected chi connectivity index (χ2v) is 4.84. The van der Waals surface area contributed by atoms with E-state index < -0.39 is 0 Å². The Morgan fingerprint density at radius 2 is 2.07 bits per heavy atom. The SMILES string of the molecule is CNc1nc(C)nc(SC(C)CO)c1C. The summed E-state index contributed by atoms with van der Waals surface area (Å²) in [6.45, 7) is 5.98. The smallest absolute Gasteiger partial charge is 0.133 e. The highest BCUT2D eigenvalue weighted by Gasteiger charge is 2.11. The van der Waals surface area contributed by atoms with Gasteiger partial charge in [-0.05, 0) is 13.8 Å². The number of hydrogen-bond acceptors (Lipinski definition) is 5. The topological polar surface area (TPSA) is 58.0 Å². The molecule has 15 heavy (non-hydrogen) atoms. The second kappa shape index (κ2) is 5.32. The largest absolute Gasteiger partial charge is 0.395 e. The zero-order valence-corrected chi connectivity index (χ0v) is 10.4. The van der Waals surface area contributed by atoms with Gasteiger partial charge >= 0.3 is 0 Å². The van der Waals surface area contributed by atoms with Crippen LogP contribution in [0, 0.1) is 13.8 Å². The van der Waals surface area contributed by atoms with Crippen LogP contribution in [0.4, 0.5) is 5.82 Å². The third-order valence-electron chi connectivity index (χ3n) is 2.02. The lowest BCUT2D eigenvalue weighted by molar-refractivity contribution is 0.300. The van der Waals surface area contributed by atoms with Crippen LogP contribution in [-0.2, 0) is 0 Å². The maximum absolute atomic E-state index is 9.00. The summed E-state index contributed by atoms with van der Waals surface area (Å²) in [5.74, 6) is 1.60. The molecule has 0 fully saturated rings. The third-order valence-corrected chi connectivity index (χ3v) is 3.19. The normalized spacial score (nSPS) is 12.6. The Morgan fingerprint density at radius 1 is 1.40 bits per heavy atom. The molecule has 2 N–H and O–H groups in total. The van der Waals surface area contributed by atoms with E-state index in [1.54, 1.807) is 11.8 Å². The average molecular weight is 227 g/mol. The molecule has 5 heteroatoms. The number of aryl methyl sites for hydroxylation is 1. The lowest BCUT2D eigenvalue weighted by atomic mass is 10.3. The van der Waals surface area contributed by atoms with Crippen LogP contribution in [0.15, 0.2) is 5.03 Å². The number of thioether (sulfide) groups is 1. The van der Waals surface area contributed by atoms with Crippen molar-refractivity contribution in [1.82, 2.24) is 9.97 Å². The van der Waals surface area contributed by atoms with E-state index in [9.17, 15) is 0 Å². The Kier molecular flexibility index (Phi) is 4.35. The number of hydrogen-bond donors (Lipinski definition) is 2. The molecule has 1 aromatic rings. The fraction of sp³-hybridized carbons (Fsp3) is 0.600. The van der Waals surface area contributed by atoms with Crippen molar-refractivity contribution in [3.8, 4) is 0 Å². The van der Waals surface area contributed by atoms with Crippen molar-refractivity contribution in [1.29, 1.82) is 0 Å². The van der Waals surface area contributed by atoms with Crippen molar-refractivity contribution >= 4 is 17.6 Å². The molecule has 0 aliphatic rings. The van der Waals surface area contributed by atoms with E-state index in [4.69, 9.17) is 5.11 Å². The van der Waals surface area contributed by atoms with Crippen LogP contribution < -0.4 is 5.32 Å². The summed E-state index contributed by atoms with van der Waals surface area (Å²) in [5.41, 5.74) is 1.04. The molecule has 1 rings (SSSR count). The molecule has 4 nitrogen and oxygen atoms in total. The van der Waals surface area contributed by atoms with E-state index >= 15 is 0 Å². The molecular formula is C10H17N3OS. The highest BCUT2D eigenvalue weighted by Crippen LogP contribution is 2.27. The Balaban J connectivity index is 3.01. The number of aromatic nitrogens is 2. The summed E-state index contributed by atoms with van der Waals surface area (Å²) < 4.78 is 0. The summed E-state index contributed by atoms with van der Waals surface area (Å²) >= 11 is 1.57. The monoisotopic (exact) mass is 227 g/mol. The third kappa shape index (κ3) is 3.07. The predicted octanol–water partition coefficient (Wildman–Crippen LogP) is 1.61. The molecule has 0 aliphatic carbocycles. The summed E-state index contributed by atoms with van der Waals surface area (Å²) in [5, 5.41) is 13.1. The molecule has 0 bridgehead atoms. The van der Waals surface area contributed by atoms with Crippen molar-refractivity contribution in [3.63, 3.8) is 0 Å². The molecular weight excluding hydrogens is 210 g/mol. The fourth-order valence-corrected chi connectivity index (χ4v) is 2.10. The van der Waals surface area contributed by atoms with Crippen LogP contribution >= 0.6 is 11.8 Å². The van der Waals surface area contributed by atoms with E-state index in [1.165, 1.54) is 0 Å². The van der Waals surface area contributed by atoms with Gasteiger partial charge in [0.05, 0.1) is 6.61 Å². The number of rotatable bonds is 4. The molecule has 0 radical (unpaired) electrons. The standard InChI is InChI=1S/C10H17N3OS/c1-6(5-14)15-10-7(2)9(11-4)12-8(3)13-10/h6,14H,5H2,1-4H3,(H,11,12,13). The van der Waals surface area contributed by atoms with E-state index in [2.05, 4.69) is 15.3 Å². The minimum absolute atomic E-state index is 0.155. The maximum atomic E-state index is 9.00. The van der Waals surface area contributed by atoms with Crippen molar-refractivity contribution in [2.75, 3.05) is 19.0 Å². The molecule has 1 heterocycles. The van der Waals surface area contributed by atoms with Crippen molar-refractivity contribution in [2.24, 2.45) is 0 Å². The molecule has 0 aliphatic heterocycles. The molecule has 1 aromatic heterocycles. The number of nitrogens with one attached hydrogen (secondary N) is 1. The molecule has 0 saturated carbocycles. The van der Waals surface area contributed by atoms with Gasteiger partial charge in [-0.25, -0.2) is 9.97 Å². The molecule has 84 valence electrons. The first-order valence-electron chi connectivity index (χ1n) is 4.89. The molecule has 0 spiro atoms. The maximum Gasteiger partial charge on any atom is 0.133 e. The first-order valence-corrected chi connectivity index (χ1v) is 5.77. The summed E-state index contributed by atoms with van der Waals surface area (Å²) in [6, 6.07) is 0. The van der Waals surface area contributed by atoms with Crippen molar-refractivity contribution < 1.29 is 5.11 Å². The van der Waals surface area contributed by atoms with Gasteiger partial charge in [0.1, 0.15) is 16.7 Å². The van der Waals surface area contributed by atoms with E-state index in [1.807, 2.05) is 27.8 Å². The van der Waals surface area contributed by atoms with Crippen LogP contribution in [0.5, 0.6) is 0 Å². The van der Waals surface area contributed by atoms with Crippen LogP contribution in [0.1, 0.15) is 18.3 Å². The van der Waals surface area contributed by atoms with Crippen molar-refractivity contribution in [2.45, 2.75) is 31.0 Å². The van der Waals surface area contributed by atoms with Gasteiger partial charge in [-0.15, -0.1) is 11.8 Å². The first kappa shape index (κ1) is 12.3. The van der Waals surface area contributed by atoms with Gasteiger partial charge in [0.15, 0.2) is 0 Å². The minimum atomic E-state index is 0.155. The lowest BCUT2D eigenvalue weighted by Crippen LogP contribution is -2.06. The molecule has 0 aromatic carbocycles. The predicted molar refractivity (Wildman–Crippen MR) is 63.5 cm³/mol. The Labute approximate surface area is 94.5 Å². The number of anilines is 1. The lowest BCUT2D eigenvalue weighted by Gasteiger charge is -2.12. The molecule has 1 unspecified atom stereocenters. The van der Waals surface area contributed by atoms with Gasteiger partial charge in [0.25, 0.3) is 0 Å². The van der Waals surface area contributed by atoms with E-state index in [0.717, 1.165) is 22.2 Å². The number of aliphatic hydroxyl groups excluding tert-OH is 1. The summed E-state index contributed by atoms with van der Waals surface area (Å²) in [6.07, 6.45) is 0. The summed E-state index contributed by atoms with van der Waals surface area (Å²) in [7, 11) is 1.85. The summed E-state index contributed by atoms with van der Waals surface area (Å²) in [4.78, 5) is 8.66. The van der Waals surface area contributed by atoms with Gasteiger partial charge in [0, 0.05) is 17.9 Å². The van der Waals surface area contributed by atoms with Crippen LogP contribution in [0.25, 0.3) is 0 Å². The van der Waals surface area contributed by atoms with E-state index in [0.29, 0.717) is 0 Å². The zero-order valence-electron chi connectivity index (χ0n) is 9.53. The van der Waals surface area contributed by atoms with Gasteiger partial charge in [-0.1, -0.05) is 6.92 Å². The quantitative estimate of drug-likeness (QED) is 0.604. The average Bonchev–Trinajstić information content (AvgIpc) is 2.22. The molecule has 0 amide bonds. The Hall–Kier alpha value is -0.810. The molecule has 1 atom stereocenters. The molecule has 0 saturated heterocycles. The van der Waals surface area contributed by atoms with Gasteiger partial charge < -0.3 is 10.4 Å². The second-order valence-electron chi connectivity index (χ2n) is 3.41. The first-order chi connectivity index (χ1) is 7.08. The Morgan fingerprint density at radius 3 is 2.60 bits per heavy atom. The van der Waals surface area contributed by atoms with Crippen molar-refractivity contribution in [3.05, 3.63) is 11.4 Å².